The molecule has 1 aromatic heterocycles. The summed E-state index contributed by atoms with van der Waals surface area (Å²) >= 11 is 7.35. The van der Waals surface area contributed by atoms with E-state index in [2.05, 4.69) is 12.2 Å². The molecule has 2 aromatic rings. The van der Waals surface area contributed by atoms with Crippen molar-refractivity contribution in [3.63, 3.8) is 0 Å². The van der Waals surface area contributed by atoms with E-state index < -0.39 is 17.6 Å². The summed E-state index contributed by atoms with van der Waals surface area (Å²) in [5.74, 6) is -0.975. The predicted octanol–water partition coefficient (Wildman–Crippen LogP) is 3.95. The first kappa shape index (κ1) is 17.9. The van der Waals surface area contributed by atoms with Gasteiger partial charge in [-0.25, -0.2) is 4.39 Å². The number of nitrogens with two attached hydrogens (primary N) is 1. The Labute approximate surface area is 154 Å². The lowest BCUT2D eigenvalue weighted by atomic mass is 9.88. The third-order valence-electron chi connectivity index (χ3n) is 4.41. The molecule has 1 aliphatic rings. The number of hydrogen-bond donors (Lipinski definition) is 2. The molecule has 0 fully saturated rings. The SMILES string of the molecule is CC1CCc2c(sc(NC(=O)Cc3c(F)cccc3Cl)c2C(N)=O)C1. The summed E-state index contributed by atoms with van der Waals surface area (Å²) in [6.07, 6.45) is 2.43. The smallest absolute Gasteiger partial charge is 0.251 e. The number of carbonyl (C=O) groups is 2. The summed E-state index contributed by atoms with van der Waals surface area (Å²) < 4.78 is 13.8. The van der Waals surface area contributed by atoms with Gasteiger partial charge in [-0.15, -0.1) is 11.3 Å². The maximum Gasteiger partial charge on any atom is 0.251 e. The maximum atomic E-state index is 13.8. The van der Waals surface area contributed by atoms with E-state index in [1.165, 1.54) is 29.5 Å². The van der Waals surface area contributed by atoms with Gasteiger partial charge in [0.25, 0.3) is 5.91 Å². The van der Waals surface area contributed by atoms with Crippen LogP contribution in [-0.2, 0) is 24.1 Å². The Balaban J connectivity index is 1.85. The van der Waals surface area contributed by atoms with Crippen LogP contribution in [0, 0.1) is 11.7 Å². The first-order chi connectivity index (χ1) is 11.9. The van der Waals surface area contributed by atoms with E-state index in [0.29, 0.717) is 16.5 Å². The molecule has 0 saturated heterocycles. The molecule has 0 bridgehead atoms. The van der Waals surface area contributed by atoms with Crippen LogP contribution >= 0.6 is 22.9 Å². The van der Waals surface area contributed by atoms with Crippen LogP contribution in [0.25, 0.3) is 0 Å². The van der Waals surface area contributed by atoms with Crippen molar-refractivity contribution in [3.8, 4) is 0 Å². The monoisotopic (exact) mass is 380 g/mol. The molecule has 1 aromatic carbocycles. The number of amides is 2. The second kappa shape index (κ2) is 7.14. The number of carbonyl (C=O) groups excluding carboxylic acids is 2. The average molecular weight is 381 g/mol. The Kier molecular flexibility index (Phi) is 5.11. The molecule has 7 heteroatoms. The zero-order chi connectivity index (χ0) is 18.1. The molecule has 1 aliphatic carbocycles. The quantitative estimate of drug-likeness (QED) is 0.843. The lowest BCUT2D eigenvalue weighted by molar-refractivity contribution is -0.115. The van der Waals surface area contributed by atoms with Gasteiger partial charge in [0.15, 0.2) is 0 Å². The molecular weight excluding hydrogens is 363 g/mol. The molecule has 1 atom stereocenters. The van der Waals surface area contributed by atoms with Gasteiger partial charge in [0.05, 0.1) is 12.0 Å². The third-order valence-corrected chi connectivity index (χ3v) is 5.93. The number of nitrogens with one attached hydrogen (secondary N) is 1. The number of hydrogen-bond acceptors (Lipinski definition) is 3. The number of thiophene rings is 1. The summed E-state index contributed by atoms with van der Waals surface area (Å²) in [5.41, 5.74) is 6.99. The number of halogens is 2. The fourth-order valence-electron chi connectivity index (χ4n) is 3.13. The largest absolute Gasteiger partial charge is 0.365 e. The molecule has 3 rings (SSSR count). The van der Waals surface area contributed by atoms with Crippen molar-refractivity contribution in [2.45, 2.75) is 32.6 Å². The highest BCUT2D eigenvalue weighted by atomic mass is 35.5. The molecular formula is C18H18ClFN2O2S. The summed E-state index contributed by atoms with van der Waals surface area (Å²) in [6, 6.07) is 4.28. The Hall–Kier alpha value is -1.92. The molecule has 0 saturated carbocycles. The van der Waals surface area contributed by atoms with Crippen molar-refractivity contribution in [1.29, 1.82) is 0 Å². The topological polar surface area (TPSA) is 72.2 Å². The molecule has 3 N–H and O–H groups in total. The first-order valence-corrected chi connectivity index (χ1v) is 9.23. The Morgan fingerprint density at radius 3 is 2.88 bits per heavy atom. The highest BCUT2D eigenvalue weighted by Crippen LogP contribution is 2.39. The van der Waals surface area contributed by atoms with Crippen molar-refractivity contribution in [2.24, 2.45) is 11.7 Å². The first-order valence-electron chi connectivity index (χ1n) is 8.04. The minimum atomic E-state index is -0.550. The molecule has 0 aliphatic heterocycles. The molecule has 132 valence electrons. The lowest BCUT2D eigenvalue weighted by Gasteiger charge is -2.18. The standard InChI is InChI=1S/C18H18ClFN2O2S/c1-9-5-6-10-14(7-9)25-18(16(10)17(21)24)22-15(23)8-11-12(19)3-2-4-13(11)20/h2-4,9H,5-8H2,1H3,(H2,21,24)(H,22,23). The minimum Gasteiger partial charge on any atom is -0.365 e. The van der Waals surface area contributed by atoms with Gasteiger partial charge in [-0.1, -0.05) is 24.6 Å². The summed E-state index contributed by atoms with van der Waals surface area (Å²) in [5, 5.41) is 3.37. The molecule has 0 radical (unpaired) electrons. The van der Waals surface area contributed by atoms with E-state index in [9.17, 15) is 14.0 Å². The predicted molar refractivity (Wildman–Crippen MR) is 97.8 cm³/mol. The second-order valence-electron chi connectivity index (χ2n) is 6.35. The van der Waals surface area contributed by atoms with Crippen molar-refractivity contribution in [1.82, 2.24) is 0 Å². The van der Waals surface area contributed by atoms with Crippen LogP contribution in [0.4, 0.5) is 9.39 Å². The van der Waals surface area contributed by atoms with E-state index in [1.807, 2.05) is 0 Å². The van der Waals surface area contributed by atoms with Gasteiger partial charge >= 0.3 is 0 Å². The van der Waals surface area contributed by atoms with Crippen LogP contribution in [-0.4, -0.2) is 11.8 Å². The normalized spacial score (nSPS) is 16.4. The van der Waals surface area contributed by atoms with Crippen molar-refractivity contribution < 1.29 is 14.0 Å². The van der Waals surface area contributed by atoms with Gasteiger partial charge < -0.3 is 11.1 Å². The van der Waals surface area contributed by atoms with Gasteiger partial charge in [0.1, 0.15) is 10.8 Å². The van der Waals surface area contributed by atoms with Gasteiger partial charge in [-0.05, 0) is 42.9 Å². The number of fused-ring (bicyclic) bond motifs is 1. The summed E-state index contributed by atoms with van der Waals surface area (Å²) in [7, 11) is 0. The van der Waals surface area contributed by atoms with Gasteiger partial charge in [-0.2, -0.15) is 0 Å². The number of benzene rings is 1. The number of primary amides is 1. The van der Waals surface area contributed by atoms with Crippen molar-refractivity contribution in [3.05, 3.63) is 50.6 Å². The zero-order valence-electron chi connectivity index (χ0n) is 13.7. The summed E-state index contributed by atoms with van der Waals surface area (Å²) in [4.78, 5) is 25.3. The van der Waals surface area contributed by atoms with Crippen LogP contribution in [0.3, 0.4) is 0 Å². The van der Waals surface area contributed by atoms with Crippen LogP contribution < -0.4 is 11.1 Å². The van der Waals surface area contributed by atoms with Gasteiger partial charge in [-0.3, -0.25) is 9.59 Å². The van der Waals surface area contributed by atoms with E-state index >= 15 is 0 Å². The van der Waals surface area contributed by atoms with Crippen molar-refractivity contribution >= 4 is 39.8 Å². The molecule has 0 spiro atoms. The van der Waals surface area contributed by atoms with E-state index in [-0.39, 0.29) is 17.0 Å². The Morgan fingerprint density at radius 2 is 2.20 bits per heavy atom. The van der Waals surface area contributed by atoms with E-state index in [1.54, 1.807) is 0 Å². The van der Waals surface area contributed by atoms with Crippen LogP contribution in [0.1, 0.15) is 39.7 Å². The Bertz CT molecular complexity index is 830. The third kappa shape index (κ3) is 3.70. The lowest BCUT2D eigenvalue weighted by Crippen LogP contribution is -2.20. The van der Waals surface area contributed by atoms with Gasteiger partial charge in [0.2, 0.25) is 5.91 Å². The maximum absolute atomic E-state index is 13.8. The number of rotatable bonds is 4. The fourth-order valence-corrected chi connectivity index (χ4v) is 4.79. The number of anilines is 1. The average Bonchev–Trinajstić information content (AvgIpc) is 2.88. The minimum absolute atomic E-state index is 0.136. The fraction of sp³-hybridized carbons (Fsp3) is 0.333. The van der Waals surface area contributed by atoms with Crippen LogP contribution in [0.5, 0.6) is 0 Å². The summed E-state index contributed by atoms with van der Waals surface area (Å²) in [6.45, 7) is 2.16. The van der Waals surface area contributed by atoms with Crippen molar-refractivity contribution in [2.75, 3.05) is 5.32 Å². The van der Waals surface area contributed by atoms with Crippen LogP contribution in [0.2, 0.25) is 5.02 Å². The zero-order valence-corrected chi connectivity index (χ0v) is 15.3. The molecule has 2 amide bonds. The highest BCUT2D eigenvalue weighted by molar-refractivity contribution is 7.17. The molecule has 1 unspecified atom stereocenters. The van der Waals surface area contributed by atoms with Crippen LogP contribution in [0.15, 0.2) is 18.2 Å². The molecule has 4 nitrogen and oxygen atoms in total. The Morgan fingerprint density at radius 1 is 1.44 bits per heavy atom. The molecule has 25 heavy (non-hydrogen) atoms. The highest BCUT2D eigenvalue weighted by Gasteiger charge is 2.27. The van der Waals surface area contributed by atoms with Gasteiger partial charge in [0, 0.05) is 15.5 Å². The molecule has 1 heterocycles. The van der Waals surface area contributed by atoms with E-state index in [4.69, 9.17) is 17.3 Å². The second-order valence-corrected chi connectivity index (χ2v) is 7.86. The van der Waals surface area contributed by atoms with E-state index in [0.717, 1.165) is 29.7 Å².